The van der Waals surface area contributed by atoms with Crippen LogP contribution in [0, 0.1) is 12.3 Å². The van der Waals surface area contributed by atoms with Gasteiger partial charge in [-0.15, -0.1) is 0 Å². The zero-order valence-electron chi connectivity index (χ0n) is 27.1. The van der Waals surface area contributed by atoms with E-state index in [0.29, 0.717) is 18.4 Å². The third-order valence-electron chi connectivity index (χ3n) is 10.1. The van der Waals surface area contributed by atoms with Crippen LogP contribution in [-0.4, -0.2) is 94.9 Å². The minimum Gasteiger partial charge on any atom is -0.491 e. The van der Waals surface area contributed by atoms with Gasteiger partial charge >= 0.3 is 6.01 Å². The molecule has 10 nitrogen and oxygen atoms in total. The standard InChI is InChI=1S/C36H43N7O3/c1-6-24-19-26-32(33(45-8-3)31(24)30-23(4)9-10-28-27(30)20-37-40-28)38-35(46-25-11-15-41(5)16-12-25)39-34(26)42-17-13-36(14-18-42)21-43(22-36)29(44)7-2/h6-7,9-10,19-20,25H,1-2,8,11-18,21-22H2,3-5H3,(H,37,40). The number of aromatic nitrogens is 4. The van der Waals surface area contributed by atoms with Crippen LogP contribution in [0.2, 0.25) is 0 Å². The highest BCUT2D eigenvalue weighted by atomic mass is 16.5. The molecule has 1 amide bonds. The average molecular weight is 622 g/mol. The Bertz CT molecular complexity index is 1810. The molecule has 3 aliphatic rings. The Morgan fingerprint density at radius 2 is 1.85 bits per heavy atom. The number of carbonyl (C=O) groups excluding carboxylic acids is 1. The molecule has 5 heterocycles. The van der Waals surface area contributed by atoms with Gasteiger partial charge in [-0.25, -0.2) is 0 Å². The molecule has 7 rings (SSSR count). The lowest BCUT2D eigenvalue weighted by Crippen LogP contribution is -2.61. The zero-order valence-corrected chi connectivity index (χ0v) is 27.1. The molecular formula is C36H43N7O3. The van der Waals surface area contributed by atoms with Crippen molar-refractivity contribution in [2.24, 2.45) is 5.41 Å². The molecule has 1 N–H and O–H groups in total. The van der Waals surface area contributed by atoms with Crippen LogP contribution in [-0.2, 0) is 4.79 Å². The number of aromatic amines is 1. The Balaban J connectivity index is 1.35. The Hall–Kier alpha value is -4.44. The monoisotopic (exact) mass is 621 g/mol. The molecule has 46 heavy (non-hydrogen) atoms. The molecule has 0 saturated carbocycles. The first-order valence-electron chi connectivity index (χ1n) is 16.4. The van der Waals surface area contributed by atoms with E-state index < -0.39 is 0 Å². The van der Waals surface area contributed by atoms with Gasteiger partial charge in [0.1, 0.15) is 17.4 Å². The number of amides is 1. The highest BCUT2D eigenvalue weighted by molar-refractivity contribution is 6.07. The molecule has 3 fully saturated rings. The lowest BCUT2D eigenvalue weighted by Gasteiger charge is -2.54. The van der Waals surface area contributed by atoms with E-state index in [1.54, 1.807) is 0 Å². The van der Waals surface area contributed by atoms with Gasteiger partial charge in [0.15, 0.2) is 5.75 Å². The highest BCUT2D eigenvalue weighted by Gasteiger charge is 2.46. The fraction of sp³-hybridized carbons (Fsp3) is 0.444. The maximum absolute atomic E-state index is 12.2. The molecule has 0 unspecified atom stereocenters. The van der Waals surface area contributed by atoms with Gasteiger partial charge in [-0.3, -0.25) is 9.89 Å². The minimum absolute atomic E-state index is 0.0168. The number of H-pyrrole nitrogens is 1. The number of anilines is 1. The average Bonchev–Trinajstić information content (AvgIpc) is 3.53. The van der Waals surface area contributed by atoms with Gasteiger partial charge in [-0.05, 0) is 81.5 Å². The van der Waals surface area contributed by atoms with Crippen LogP contribution in [0.5, 0.6) is 11.8 Å². The minimum atomic E-state index is 0.0168. The number of likely N-dealkylation sites (tertiary alicyclic amines) is 2. The molecular weight excluding hydrogens is 578 g/mol. The van der Waals surface area contributed by atoms with E-state index in [1.807, 2.05) is 24.1 Å². The van der Waals surface area contributed by atoms with Crippen molar-refractivity contribution < 1.29 is 14.3 Å². The fourth-order valence-electron chi connectivity index (χ4n) is 7.49. The van der Waals surface area contributed by atoms with Gasteiger partial charge in [-0.1, -0.05) is 25.3 Å². The van der Waals surface area contributed by atoms with Crippen LogP contribution >= 0.6 is 0 Å². The van der Waals surface area contributed by atoms with Gasteiger partial charge in [-0.2, -0.15) is 15.1 Å². The Kier molecular flexibility index (Phi) is 7.92. The number of rotatable bonds is 8. The maximum Gasteiger partial charge on any atom is 0.319 e. The third-order valence-corrected chi connectivity index (χ3v) is 10.1. The lowest BCUT2D eigenvalue weighted by atomic mass is 9.72. The SMILES string of the molecule is C=CC(=O)N1CC2(CCN(c3nc(OC4CCN(C)CC4)nc4c(OCC)c(-c5c(C)ccc6[nH]ncc56)c(C=C)cc34)CC2)C1. The van der Waals surface area contributed by atoms with Gasteiger partial charge in [0, 0.05) is 61.0 Å². The summed E-state index contributed by atoms with van der Waals surface area (Å²) in [7, 11) is 2.15. The second-order valence-corrected chi connectivity index (χ2v) is 13.1. The number of fused-ring (bicyclic) bond motifs is 2. The summed E-state index contributed by atoms with van der Waals surface area (Å²) >= 11 is 0. The number of aryl methyl sites for hydroxylation is 1. The summed E-state index contributed by atoms with van der Waals surface area (Å²) in [6.45, 7) is 17.7. The zero-order chi connectivity index (χ0) is 32.0. The molecule has 0 atom stereocenters. The summed E-state index contributed by atoms with van der Waals surface area (Å²) in [5.74, 6) is 1.58. The van der Waals surface area contributed by atoms with Crippen LogP contribution in [0.25, 0.3) is 39.0 Å². The third kappa shape index (κ3) is 5.28. The van der Waals surface area contributed by atoms with Crippen molar-refractivity contribution in [2.75, 3.05) is 57.8 Å². The van der Waals surface area contributed by atoms with Crippen LogP contribution in [0.15, 0.2) is 43.6 Å². The molecule has 4 aromatic rings. The van der Waals surface area contributed by atoms with Crippen molar-refractivity contribution in [3.05, 3.63) is 54.8 Å². The summed E-state index contributed by atoms with van der Waals surface area (Å²) in [5, 5.41) is 9.41. The number of hydrogen-bond acceptors (Lipinski definition) is 8. The van der Waals surface area contributed by atoms with E-state index in [0.717, 1.165) is 115 Å². The first-order chi connectivity index (χ1) is 22.3. The van der Waals surface area contributed by atoms with Crippen molar-refractivity contribution in [3.8, 4) is 22.9 Å². The molecule has 240 valence electrons. The summed E-state index contributed by atoms with van der Waals surface area (Å²) in [4.78, 5) is 29.0. The first kappa shape index (κ1) is 30.2. The number of hydrogen-bond donors (Lipinski definition) is 1. The predicted octanol–water partition coefficient (Wildman–Crippen LogP) is 5.61. The van der Waals surface area contributed by atoms with Crippen molar-refractivity contribution in [1.82, 2.24) is 30.0 Å². The Morgan fingerprint density at radius 1 is 1.09 bits per heavy atom. The van der Waals surface area contributed by atoms with Gasteiger partial charge in [0.2, 0.25) is 5.91 Å². The summed E-state index contributed by atoms with van der Waals surface area (Å²) in [6, 6.07) is 6.71. The number of nitrogens with zero attached hydrogens (tertiary/aromatic N) is 6. The van der Waals surface area contributed by atoms with Crippen LogP contribution in [0.3, 0.4) is 0 Å². The summed E-state index contributed by atoms with van der Waals surface area (Å²) < 4.78 is 13.1. The topological polar surface area (TPSA) is 99.7 Å². The number of carbonyl (C=O) groups is 1. The fourth-order valence-corrected chi connectivity index (χ4v) is 7.49. The highest BCUT2D eigenvalue weighted by Crippen LogP contribution is 2.47. The maximum atomic E-state index is 12.2. The van der Waals surface area contributed by atoms with Gasteiger partial charge in [0.05, 0.1) is 18.3 Å². The smallest absolute Gasteiger partial charge is 0.319 e. The summed E-state index contributed by atoms with van der Waals surface area (Å²) in [6.07, 6.45) is 9.06. The van der Waals surface area contributed by atoms with Crippen LogP contribution < -0.4 is 14.4 Å². The Labute approximate surface area is 270 Å². The first-order valence-corrected chi connectivity index (χ1v) is 16.4. The second-order valence-electron chi connectivity index (χ2n) is 13.1. The van der Waals surface area contributed by atoms with Crippen molar-refractivity contribution in [3.63, 3.8) is 0 Å². The number of nitrogens with one attached hydrogen (secondary N) is 1. The number of benzene rings is 2. The molecule has 3 saturated heterocycles. The normalized spacial score (nSPS) is 18.6. The second kappa shape index (κ2) is 12.1. The molecule has 0 bridgehead atoms. The molecule has 2 aromatic carbocycles. The van der Waals surface area contributed by atoms with E-state index in [1.165, 1.54) is 6.08 Å². The van der Waals surface area contributed by atoms with Crippen LogP contribution in [0.1, 0.15) is 43.7 Å². The van der Waals surface area contributed by atoms with Gasteiger partial charge in [0.25, 0.3) is 0 Å². The largest absolute Gasteiger partial charge is 0.491 e. The van der Waals surface area contributed by atoms with Crippen molar-refractivity contribution in [1.29, 1.82) is 0 Å². The molecule has 0 radical (unpaired) electrons. The molecule has 0 aliphatic carbocycles. The molecule has 10 heteroatoms. The number of ether oxygens (including phenoxy) is 2. The van der Waals surface area contributed by atoms with Crippen LogP contribution in [0.4, 0.5) is 5.82 Å². The van der Waals surface area contributed by atoms with E-state index in [9.17, 15) is 4.79 Å². The van der Waals surface area contributed by atoms with E-state index in [4.69, 9.17) is 19.4 Å². The van der Waals surface area contributed by atoms with E-state index in [2.05, 4.69) is 65.3 Å². The number of piperidine rings is 2. The Morgan fingerprint density at radius 3 is 2.54 bits per heavy atom. The van der Waals surface area contributed by atoms with E-state index >= 15 is 0 Å². The molecule has 1 spiro atoms. The molecule has 3 aliphatic heterocycles. The van der Waals surface area contributed by atoms with Crippen molar-refractivity contribution >= 4 is 39.6 Å². The summed E-state index contributed by atoms with van der Waals surface area (Å²) in [5.41, 5.74) is 5.91. The molecule has 2 aromatic heterocycles. The quantitative estimate of drug-likeness (QED) is 0.254. The predicted molar refractivity (Wildman–Crippen MR) is 182 cm³/mol. The van der Waals surface area contributed by atoms with Gasteiger partial charge < -0.3 is 24.2 Å². The van der Waals surface area contributed by atoms with Crippen molar-refractivity contribution in [2.45, 2.75) is 45.6 Å². The lowest BCUT2D eigenvalue weighted by molar-refractivity contribution is -0.139. The van der Waals surface area contributed by atoms with E-state index in [-0.39, 0.29) is 17.4 Å².